The Balaban J connectivity index is 1.69. The molecule has 2 saturated heterocycles. The first-order valence-corrected chi connectivity index (χ1v) is 8.31. The van der Waals surface area contributed by atoms with Gasteiger partial charge in [0, 0.05) is 32.6 Å². The average Bonchev–Trinajstić information content (AvgIpc) is 2.40. The van der Waals surface area contributed by atoms with Gasteiger partial charge >= 0.3 is 5.97 Å². The summed E-state index contributed by atoms with van der Waals surface area (Å²) < 4.78 is 5.91. The van der Waals surface area contributed by atoms with Gasteiger partial charge in [-0.2, -0.15) is 0 Å². The van der Waals surface area contributed by atoms with E-state index in [1.54, 1.807) is 0 Å². The molecule has 0 amide bonds. The van der Waals surface area contributed by atoms with Crippen LogP contribution in [0, 0.1) is 11.8 Å². The third-order valence-corrected chi connectivity index (χ3v) is 4.48. The van der Waals surface area contributed by atoms with Crippen LogP contribution >= 0.6 is 0 Å². The van der Waals surface area contributed by atoms with Gasteiger partial charge in [-0.05, 0) is 37.8 Å². The number of hydrogen-bond donors (Lipinski definition) is 1. The summed E-state index contributed by atoms with van der Waals surface area (Å²) in [5.41, 5.74) is 0. The van der Waals surface area contributed by atoms with E-state index in [9.17, 15) is 4.79 Å². The van der Waals surface area contributed by atoms with Gasteiger partial charge in [-0.1, -0.05) is 13.8 Å². The van der Waals surface area contributed by atoms with Crippen molar-refractivity contribution in [3.8, 4) is 0 Å². The van der Waals surface area contributed by atoms with Gasteiger partial charge in [0.05, 0.1) is 12.7 Å². The predicted molar refractivity (Wildman–Crippen MR) is 82.4 cm³/mol. The van der Waals surface area contributed by atoms with Crippen molar-refractivity contribution in [3.63, 3.8) is 0 Å². The van der Waals surface area contributed by atoms with Gasteiger partial charge in [0.2, 0.25) is 0 Å². The van der Waals surface area contributed by atoms with Crippen molar-refractivity contribution >= 4 is 5.97 Å². The Morgan fingerprint density at radius 2 is 1.95 bits per heavy atom. The largest absolute Gasteiger partial charge is 0.481 e. The average molecular weight is 298 g/mol. The molecule has 0 aromatic heterocycles. The van der Waals surface area contributed by atoms with Gasteiger partial charge in [-0.3, -0.25) is 9.69 Å². The molecule has 0 saturated carbocycles. The Morgan fingerprint density at radius 3 is 2.57 bits per heavy atom. The molecule has 1 unspecified atom stereocenters. The van der Waals surface area contributed by atoms with E-state index in [1.807, 2.05) is 0 Å². The second-order valence-corrected chi connectivity index (χ2v) is 6.99. The normalized spacial score (nSPS) is 26.3. The molecule has 122 valence electrons. The van der Waals surface area contributed by atoms with E-state index in [4.69, 9.17) is 9.84 Å². The minimum Gasteiger partial charge on any atom is -0.481 e. The summed E-state index contributed by atoms with van der Waals surface area (Å²) in [5.74, 6) is 0.410. The molecule has 0 bridgehead atoms. The SMILES string of the molecule is CC(C)CN1CCOC(CN2CCC(CC(=O)O)CC2)C1. The van der Waals surface area contributed by atoms with Crippen LogP contribution in [0.3, 0.4) is 0 Å². The predicted octanol–water partition coefficient (Wildman–Crippen LogP) is 1.53. The monoisotopic (exact) mass is 298 g/mol. The minimum atomic E-state index is -0.659. The maximum Gasteiger partial charge on any atom is 0.303 e. The van der Waals surface area contributed by atoms with Crippen molar-refractivity contribution < 1.29 is 14.6 Å². The van der Waals surface area contributed by atoms with Crippen LogP contribution < -0.4 is 0 Å². The number of piperidine rings is 1. The number of carboxylic acids is 1. The lowest BCUT2D eigenvalue weighted by Crippen LogP contribution is -2.49. The third kappa shape index (κ3) is 5.93. The third-order valence-electron chi connectivity index (χ3n) is 4.48. The molecule has 0 aromatic carbocycles. The highest BCUT2D eigenvalue weighted by Gasteiger charge is 2.26. The van der Waals surface area contributed by atoms with Gasteiger partial charge < -0.3 is 14.7 Å². The molecule has 0 spiro atoms. The summed E-state index contributed by atoms with van der Waals surface area (Å²) in [5, 5.41) is 8.85. The molecule has 2 fully saturated rings. The Bertz CT molecular complexity index is 327. The number of rotatable bonds is 6. The molecule has 0 radical (unpaired) electrons. The zero-order chi connectivity index (χ0) is 15.2. The van der Waals surface area contributed by atoms with E-state index in [1.165, 1.54) is 0 Å². The first-order valence-electron chi connectivity index (χ1n) is 8.31. The molecule has 21 heavy (non-hydrogen) atoms. The molecule has 1 atom stereocenters. The molecule has 2 aliphatic heterocycles. The molecule has 5 nitrogen and oxygen atoms in total. The standard InChI is InChI=1S/C16H30N2O3/c1-13(2)10-18-7-8-21-15(12-18)11-17-5-3-14(4-6-17)9-16(19)20/h13-15H,3-12H2,1-2H3,(H,19,20). The quantitative estimate of drug-likeness (QED) is 0.806. The zero-order valence-electron chi connectivity index (χ0n) is 13.5. The lowest BCUT2D eigenvalue weighted by molar-refractivity contribution is -0.138. The van der Waals surface area contributed by atoms with Crippen LogP contribution in [-0.2, 0) is 9.53 Å². The number of likely N-dealkylation sites (tertiary alicyclic amines) is 1. The fraction of sp³-hybridized carbons (Fsp3) is 0.938. The smallest absolute Gasteiger partial charge is 0.303 e. The Labute approximate surface area is 128 Å². The zero-order valence-corrected chi connectivity index (χ0v) is 13.5. The second-order valence-electron chi connectivity index (χ2n) is 6.99. The molecule has 0 aliphatic carbocycles. The number of hydrogen-bond acceptors (Lipinski definition) is 4. The highest BCUT2D eigenvalue weighted by atomic mass is 16.5. The fourth-order valence-corrected chi connectivity index (χ4v) is 3.48. The summed E-state index contributed by atoms with van der Waals surface area (Å²) in [4.78, 5) is 15.7. The molecular weight excluding hydrogens is 268 g/mol. The Kier molecular flexibility index (Phi) is 6.45. The minimum absolute atomic E-state index is 0.313. The van der Waals surface area contributed by atoms with Crippen molar-refractivity contribution in [1.29, 1.82) is 0 Å². The fourth-order valence-electron chi connectivity index (χ4n) is 3.48. The topological polar surface area (TPSA) is 53.0 Å². The van der Waals surface area contributed by atoms with Crippen molar-refractivity contribution in [2.24, 2.45) is 11.8 Å². The summed E-state index contributed by atoms with van der Waals surface area (Å²) in [6.45, 7) is 11.6. The van der Waals surface area contributed by atoms with Crippen LogP contribution in [0.2, 0.25) is 0 Å². The number of nitrogens with zero attached hydrogens (tertiary/aromatic N) is 2. The summed E-state index contributed by atoms with van der Waals surface area (Å²) in [6.07, 6.45) is 2.66. The van der Waals surface area contributed by atoms with Crippen molar-refractivity contribution in [3.05, 3.63) is 0 Å². The molecule has 2 aliphatic rings. The summed E-state index contributed by atoms with van der Waals surface area (Å²) in [6, 6.07) is 0. The molecule has 0 aromatic rings. The Morgan fingerprint density at radius 1 is 1.24 bits per heavy atom. The number of aliphatic carboxylic acids is 1. The van der Waals surface area contributed by atoms with E-state index in [0.29, 0.717) is 24.4 Å². The van der Waals surface area contributed by atoms with E-state index in [-0.39, 0.29) is 0 Å². The maximum absolute atomic E-state index is 10.8. The van der Waals surface area contributed by atoms with Crippen LogP contribution in [-0.4, -0.2) is 72.9 Å². The van der Waals surface area contributed by atoms with Gasteiger partial charge in [0.25, 0.3) is 0 Å². The first kappa shape index (κ1) is 16.7. The number of carboxylic acid groups (broad SMARTS) is 1. The maximum atomic E-state index is 10.8. The van der Waals surface area contributed by atoms with Gasteiger partial charge in [-0.25, -0.2) is 0 Å². The highest BCUT2D eigenvalue weighted by Crippen LogP contribution is 2.21. The van der Waals surface area contributed by atoms with Crippen LogP contribution in [0.25, 0.3) is 0 Å². The molecule has 1 N–H and O–H groups in total. The van der Waals surface area contributed by atoms with Crippen LogP contribution in [0.1, 0.15) is 33.1 Å². The second kappa shape index (κ2) is 8.11. The molecular formula is C16H30N2O3. The van der Waals surface area contributed by atoms with Crippen LogP contribution in [0.4, 0.5) is 0 Å². The summed E-state index contributed by atoms with van der Waals surface area (Å²) in [7, 11) is 0. The highest BCUT2D eigenvalue weighted by molar-refractivity contribution is 5.67. The van der Waals surface area contributed by atoms with Crippen molar-refractivity contribution in [2.45, 2.75) is 39.2 Å². The van der Waals surface area contributed by atoms with E-state index >= 15 is 0 Å². The van der Waals surface area contributed by atoms with Gasteiger partial charge in [0.15, 0.2) is 0 Å². The number of ether oxygens (including phenoxy) is 1. The van der Waals surface area contributed by atoms with Crippen LogP contribution in [0.5, 0.6) is 0 Å². The lowest BCUT2D eigenvalue weighted by atomic mass is 9.93. The number of morpholine rings is 1. The molecule has 2 heterocycles. The van der Waals surface area contributed by atoms with Crippen molar-refractivity contribution in [1.82, 2.24) is 9.80 Å². The lowest BCUT2D eigenvalue weighted by Gasteiger charge is -2.38. The van der Waals surface area contributed by atoms with E-state index < -0.39 is 5.97 Å². The Hall–Kier alpha value is -0.650. The van der Waals surface area contributed by atoms with Gasteiger partial charge in [-0.15, -0.1) is 0 Å². The van der Waals surface area contributed by atoms with Crippen molar-refractivity contribution in [2.75, 3.05) is 45.9 Å². The molecule has 2 rings (SSSR count). The van der Waals surface area contributed by atoms with E-state index in [0.717, 1.165) is 58.7 Å². The summed E-state index contributed by atoms with van der Waals surface area (Å²) >= 11 is 0. The van der Waals surface area contributed by atoms with Crippen LogP contribution in [0.15, 0.2) is 0 Å². The number of carbonyl (C=O) groups is 1. The van der Waals surface area contributed by atoms with Gasteiger partial charge in [0.1, 0.15) is 0 Å². The first-order chi connectivity index (χ1) is 10.0. The molecule has 5 heteroatoms. The van der Waals surface area contributed by atoms with E-state index in [2.05, 4.69) is 23.6 Å².